The molecule has 1 aromatic heterocycles. The number of hydrogen-bond donors (Lipinski definition) is 2. The number of aromatic amines is 1. The number of benzene rings is 1. The van der Waals surface area contributed by atoms with Gasteiger partial charge in [-0.1, -0.05) is 0 Å². The van der Waals surface area contributed by atoms with E-state index in [-0.39, 0.29) is 5.70 Å². The number of hydrogen-bond acceptors (Lipinski definition) is 3. The molecule has 0 amide bonds. The Hall–Kier alpha value is -2.23. The minimum Gasteiger partial charge on any atom is -0.464 e. The van der Waals surface area contributed by atoms with Gasteiger partial charge in [-0.2, -0.15) is 0 Å². The lowest BCUT2D eigenvalue weighted by Crippen LogP contribution is -2.12. The normalized spacial score (nSPS) is 11.8. The van der Waals surface area contributed by atoms with Gasteiger partial charge in [-0.3, -0.25) is 0 Å². The molecule has 4 nitrogen and oxygen atoms in total. The van der Waals surface area contributed by atoms with Crippen LogP contribution in [0.25, 0.3) is 17.0 Å². The summed E-state index contributed by atoms with van der Waals surface area (Å²) in [4.78, 5) is 14.4. The van der Waals surface area contributed by atoms with E-state index < -0.39 is 5.97 Å². The maximum Gasteiger partial charge on any atom is 0.353 e. The van der Waals surface area contributed by atoms with Gasteiger partial charge in [0.1, 0.15) is 5.70 Å². The van der Waals surface area contributed by atoms with Crippen molar-refractivity contribution in [2.75, 3.05) is 7.11 Å². The SMILES string of the molecule is COC(=O)C(N)=Cc1cc(C)c2[nH]ccc2c1. The molecule has 0 atom stereocenters. The second-order valence-corrected chi connectivity index (χ2v) is 3.87. The van der Waals surface area contributed by atoms with E-state index in [1.807, 2.05) is 31.3 Å². The molecule has 3 N–H and O–H groups in total. The van der Waals surface area contributed by atoms with Crippen LogP contribution >= 0.6 is 0 Å². The molecule has 0 aliphatic heterocycles. The Labute approximate surface area is 99.1 Å². The topological polar surface area (TPSA) is 68.1 Å². The number of rotatable bonds is 2. The molecule has 0 saturated heterocycles. The first-order valence-corrected chi connectivity index (χ1v) is 5.25. The quantitative estimate of drug-likeness (QED) is 0.612. The summed E-state index contributed by atoms with van der Waals surface area (Å²) in [5.41, 5.74) is 8.80. The van der Waals surface area contributed by atoms with E-state index in [0.29, 0.717) is 0 Å². The lowest BCUT2D eigenvalue weighted by Gasteiger charge is -2.02. The summed E-state index contributed by atoms with van der Waals surface area (Å²) < 4.78 is 4.55. The average molecular weight is 230 g/mol. The van der Waals surface area contributed by atoms with Crippen molar-refractivity contribution in [3.8, 4) is 0 Å². The van der Waals surface area contributed by atoms with Crippen LogP contribution in [0, 0.1) is 6.92 Å². The third-order valence-corrected chi connectivity index (χ3v) is 2.62. The summed E-state index contributed by atoms with van der Waals surface area (Å²) >= 11 is 0. The molecule has 1 aromatic carbocycles. The maximum absolute atomic E-state index is 11.2. The molecule has 2 aromatic rings. The number of ether oxygens (including phenoxy) is 1. The third kappa shape index (κ3) is 2.15. The van der Waals surface area contributed by atoms with Gasteiger partial charge in [0.05, 0.1) is 7.11 Å². The molecule has 0 spiro atoms. The van der Waals surface area contributed by atoms with Crippen LogP contribution in [-0.2, 0) is 9.53 Å². The highest BCUT2D eigenvalue weighted by atomic mass is 16.5. The van der Waals surface area contributed by atoms with E-state index in [4.69, 9.17) is 5.73 Å². The number of nitrogens with two attached hydrogens (primary N) is 1. The monoisotopic (exact) mass is 230 g/mol. The van der Waals surface area contributed by atoms with Gasteiger partial charge >= 0.3 is 5.97 Å². The van der Waals surface area contributed by atoms with E-state index in [1.54, 1.807) is 6.08 Å². The van der Waals surface area contributed by atoms with Crippen molar-refractivity contribution >= 4 is 22.9 Å². The van der Waals surface area contributed by atoms with Gasteiger partial charge in [-0.15, -0.1) is 0 Å². The van der Waals surface area contributed by atoms with Gasteiger partial charge in [-0.05, 0) is 42.3 Å². The van der Waals surface area contributed by atoms with Crippen LogP contribution in [-0.4, -0.2) is 18.1 Å². The molecule has 0 radical (unpaired) electrons. The Balaban J connectivity index is 2.46. The lowest BCUT2D eigenvalue weighted by atomic mass is 10.1. The summed E-state index contributed by atoms with van der Waals surface area (Å²) in [7, 11) is 1.31. The molecule has 88 valence electrons. The smallest absolute Gasteiger partial charge is 0.353 e. The summed E-state index contributed by atoms with van der Waals surface area (Å²) in [6.07, 6.45) is 3.50. The van der Waals surface area contributed by atoms with E-state index in [9.17, 15) is 4.79 Å². The molecule has 0 unspecified atom stereocenters. The van der Waals surface area contributed by atoms with E-state index in [0.717, 1.165) is 22.0 Å². The van der Waals surface area contributed by atoms with Gasteiger partial charge in [0, 0.05) is 17.1 Å². The van der Waals surface area contributed by atoms with Crippen molar-refractivity contribution in [3.63, 3.8) is 0 Å². The minimum absolute atomic E-state index is 0.0989. The van der Waals surface area contributed by atoms with Crippen molar-refractivity contribution < 1.29 is 9.53 Å². The first kappa shape index (κ1) is 11.3. The Morgan fingerprint density at radius 2 is 2.24 bits per heavy atom. The van der Waals surface area contributed by atoms with Crippen molar-refractivity contribution in [1.29, 1.82) is 0 Å². The van der Waals surface area contributed by atoms with E-state index in [2.05, 4.69) is 9.72 Å². The van der Waals surface area contributed by atoms with Gasteiger partial charge in [0.25, 0.3) is 0 Å². The summed E-state index contributed by atoms with van der Waals surface area (Å²) in [6, 6.07) is 5.91. The molecule has 0 saturated carbocycles. The Bertz CT molecular complexity index is 596. The van der Waals surface area contributed by atoms with Crippen molar-refractivity contribution in [1.82, 2.24) is 4.98 Å². The van der Waals surface area contributed by atoms with Crippen LogP contribution in [0.15, 0.2) is 30.1 Å². The number of fused-ring (bicyclic) bond motifs is 1. The fourth-order valence-corrected chi connectivity index (χ4v) is 1.83. The zero-order valence-electron chi connectivity index (χ0n) is 9.78. The molecular formula is C13H14N2O2. The van der Waals surface area contributed by atoms with Crippen LogP contribution in [0.3, 0.4) is 0 Å². The zero-order valence-corrected chi connectivity index (χ0v) is 9.78. The second kappa shape index (κ2) is 4.33. The number of carbonyl (C=O) groups is 1. The Morgan fingerprint density at radius 3 is 2.94 bits per heavy atom. The highest BCUT2D eigenvalue weighted by Gasteiger charge is 2.05. The molecule has 1 heterocycles. The molecule has 0 aliphatic carbocycles. The van der Waals surface area contributed by atoms with E-state index >= 15 is 0 Å². The Kier molecular flexibility index (Phi) is 2.87. The zero-order chi connectivity index (χ0) is 12.4. The number of nitrogens with one attached hydrogen (secondary N) is 1. The molecule has 0 fully saturated rings. The largest absolute Gasteiger partial charge is 0.464 e. The van der Waals surface area contributed by atoms with Crippen molar-refractivity contribution in [2.24, 2.45) is 5.73 Å². The van der Waals surface area contributed by atoms with Crippen LogP contribution in [0.1, 0.15) is 11.1 Å². The average Bonchev–Trinajstić information content (AvgIpc) is 2.76. The number of methoxy groups -OCH3 is 1. The minimum atomic E-state index is -0.517. The van der Waals surface area contributed by atoms with Crippen molar-refractivity contribution in [3.05, 3.63) is 41.2 Å². The first-order valence-electron chi connectivity index (χ1n) is 5.25. The number of esters is 1. The highest BCUT2D eigenvalue weighted by Crippen LogP contribution is 2.20. The van der Waals surface area contributed by atoms with E-state index in [1.165, 1.54) is 7.11 Å². The molecule has 0 aliphatic rings. The lowest BCUT2D eigenvalue weighted by molar-refractivity contribution is -0.136. The van der Waals surface area contributed by atoms with Crippen LogP contribution in [0.2, 0.25) is 0 Å². The van der Waals surface area contributed by atoms with Crippen LogP contribution in [0.5, 0.6) is 0 Å². The van der Waals surface area contributed by atoms with Crippen LogP contribution < -0.4 is 5.73 Å². The fourth-order valence-electron chi connectivity index (χ4n) is 1.83. The number of aryl methyl sites for hydroxylation is 1. The molecule has 0 bridgehead atoms. The standard InChI is InChI=1S/C13H14N2O2/c1-8-5-9(7-11(14)13(16)17-2)6-10-3-4-15-12(8)10/h3-7,15H,14H2,1-2H3. The Morgan fingerprint density at radius 1 is 1.47 bits per heavy atom. The highest BCUT2D eigenvalue weighted by molar-refractivity contribution is 5.94. The van der Waals surface area contributed by atoms with Crippen molar-refractivity contribution in [2.45, 2.75) is 6.92 Å². The summed E-state index contributed by atoms with van der Waals surface area (Å²) in [5.74, 6) is -0.517. The molecule has 17 heavy (non-hydrogen) atoms. The molecule has 4 heteroatoms. The maximum atomic E-state index is 11.2. The predicted molar refractivity (Wildman–Crippen MR) is 67.2 cm³/mol. The summed E-state index contributed by atoms with van der Waals surface area (Å²) in [5, 5.41) is 1.09. The number of H-pyrrole nitrogens is 1. The van der Waals surface area contributed by atoms with Crippen LogP contribution in [0.4, 0.5) is 0 Å². The van der Waals surface area contributed by atoms with Gasteiger partial charge < -0.3 is 15.5 Å². The summed E-state index contributed by atoms with van der Waals surface area (Å²) in [6.45, 7) is 2.00. The second-order valence-electron chi connectivity index (χ2n) is 3.87. The molecular weight excluding hydrogens is 216 g/mol. The predicted octanol–water partition coefficient (Wildman–Crippen LogP) is 1.95. The van der Waals surface area contributed by atoms with Gasteiger partial charge in [0.2, 0.25) is 0 Å². The van der Waals surface area contributed by atoms with Gasteiger partial charge in [-0.25, -0.2) is 4.79 Å². The van der Waals surface area contributed by atoms with Gasteiger partial charge in [0.15, 0.2) is 0 Å². The fraction of sp³-hybridized carbons (Fsp3) is 0.154. The first-order chi connectivity index (χ1) is 8.11. The number of aromatic nitrogens is 1. The molecule has 2 rings (SSSR count). The number of carbonyl (C=O) groups excluding carboxylic acids is 1. The third-order valence-electron chi connectivity index (χ3n) is 2.62.